The van der Waals surface area contributed by atoms with E-state index in [2.05, 4.69) is 9.97 Å². The molecule has 2 rings (SSSR count). The number of hydrogen-bond acceptors (Lipinski definition) is 4. The van der Waals surface area contributed by atoms with Crippen LogP contribution in [0.15, 0.2) is 30.5 Å². The first-order chi connectivity index (χ1) is 8.56. The van der Waals surface area contributed by atoms with Crippen molar-refractivity contribution >= 4 is 17.5 Å². The number of carbonyl (C=O) groups is 1. The second kappa shape index (κ2) is 4.97. The highest BCUT2D eigenvalue weighted by Gasteiger charge is 2.09. The third-order valence-electron chi connectivity index (χ3n) is 2.04. The highest BCUT2D eigenvalue weighted by Crippen LogP contribution is 2.23. The van der Waals surface area contributed by atoms with Gasteiger partial charge in [-0.15, -0.1) is 0 Å². The summed E-state index contributed by atoms with van der Waals surface area (Å²) < 4.78 is 18.4. The number of amides is 1. The molecule has 2 aromatic rings. The van der Waals surface area contributed by atoms with Gasteiger partial charge in [-0.25, -0.2) is 4.98 Å². The molecule has 0 bridgehead atoms. The molecule has 0 fully saturated rings. The summed E-state index contributed by atoms with van der Waals surface area (Å²) in [5.41, 5.74) is 5.41. The molecule has 1 amide bonds. The lowest BCUT2D eigenvalue weighted by Gasteiger charge is -2.05. The van der Waals surface area contributed by atoms with Crippen LogP contribution in [0.4, 0.5) is 4.39 Å². The van der Waals surface area contributed by atoms with E-state index >= 15 is 0 Å². The van der Waals surface area contributed by atoms with E-state index in [0.29, 0.717) is 11.3 Å². The topological polar surface area (TPSA) is 78.1 Å². The van der Waals surface area contributed by atoms with Crippen LogP contribution < -0.4 is 10.5 Å². The van der Waals surface area contributed by atoms with Crippen LogP contribution in [0, 0.1) is 5.82 Å². The highest BCUT2D eigenvalue weighted by molar-refractivity contribution is 6.28. The summed E-state index contributed by atoms with van der Waals surface area (Å²) in [7, 11) is 0. The molecule has 0 aliphatic heterocycles. The number of primary amides is 1. The van der Waals surface area contributed by atoms with Gasteiger partial charge in [0.15, 0.2) is 0 Å². The molecule has 0 aliphatic carbocycles. The second-order valence-electron chi connectivity index (χ2n) is 3.28. The number of benzene rings is 1. The van der Waals surface area contributed by atoms with Crippen molar-refractivity contribution in [3.8, 4) is 11.6 Å². The fourth-order valence-corrected chi connectivity index (χ4v) is 1.33. The molecule has 18 heavy (non-hydrogen) atoms. The number of carbonyl (C=O) groups excluding carboxylic acids is 1. The van der Waals surface area contributed by atoms with Gasteiger partial charge in [0.1, 0.15) is 5.75 Å². The average Bonchev–Trinajstić information content (AvgIpc) is 2.34. The minimum absolute atomic E-state index is 0.125. The molecule has 1 heterocycles. The summed E-state index contributed by atoms with van der Waals surface area (Å²) in [5, 5.41) is -0.125. The number of aromatic nitrogens is 2. The lowest BCUT2D eigenvalue weighted by Crippen LogP contribution is -2.10. The summed E-state index contributed by atoms with van der Waals surface area (Å²) in [6, 6.07) is 5.85. The van der Waals surface area contributed by atoms with Crippen LogP contribution in [0.2, 0.25) is 5.28 Å². The Bertz CT molecular complexity index is 589. The number of rotatable bonds is 3. The van der Waals surface area contributed by atoms with E-state index in [1.807, 2.05) is 0 Å². The number of ether oxygens (including phenoxy) is 1. The van der Waals surface area contributed by atoms with E-state index in [4.69, 9.17) is 22.1 Å². The fraction of sp³-hybridized carbons (Fsp3) is 0. The molecule has 0 unspecified atom stereocenters. The van der Waals surface area contributed by atoms with E-state index < -0.39 is 11.7 Å². The number of hydrogen-bond donors (Lipinski definition) is 1. The van der Waals surface area contributed by atoms with Crippen LogP contribution in [0.3, 0.4) is 0 Å². The average molecular weight is 268 g/mol. The Morgan fingerprint density at radius 1 is 1.33 bits per heavy atom. The van der Waals surface area contributed by atoms with Gasteiger partial charge in [-0.1, -0.05) is 0 Å². The molecular formula is C11H7ClFN3O2. The van der Waals surface area contributed by atoms with Crippen molar-refractivity contribution in [3.63, 3.8) is 0 Å². The summed E-state index contributed by atoms with van der Waals surface area (Å²) >= 11 is 5.52. The van der Waals surface area contributed by atoms with Crippen molar-refractivity contribution in [2.24, 2.45) is 5.73 Å². The van der Waals surface area contributed by atoms with E-state index in [9.17, 15) is 9.18 Å². The Balaban J connectivity index is 2.23. The van der Waals surface area contributed by atoms with Gasteiger partial charge >= 0.3 is 0 Å². The first-order valence-corrected chi connectivity index (χ1v) is 5.20. The van der Waals surface area contributed by atoms with Crippen LogP contribution in [-0.4, -0.2) is 15.9 Å². The fourth-order valence-electron chi connectivity index (χ4n) is 1.20. The van der Waals surface area contributed by atoms with Crippen molar-refractivity contribution in [1.82, 2.24) is 9.97 Å². The third kappa shape index (κ3) is 2.72. The monoisotopic (exact) mass is 267 g/mol. The van der Waals surface area contributed by atoms with E-state index in [1.165, 1.54) is 24.3 Å². The standard InChI is InChI=1S/C11H7ClFN3O2/c12-11-15-5-8(13)10(16-11)18-7-3-1-6(2-4-7)9(14)17/h1-5H,(H2,14,17). The third-order valence-corrected chi connectivity index (χ3v) is 2.22. The van der Waals surface area contributed by atoms with Crippen LogP contribution >= 0.6 is 11.6 Å². The summed E-state index contributed by atoms with van der Waals surface area (Å²) in [5.74, 6) is -1.29. The van der Waals surface area contributed by atoms with E-state index in [1.54, 1.807) is 0 Å². The predicted octanol–water partition coefficient (Wildman–Crippen LogP) is 2.16. The second-order valence-corrected chi connectivity index (χ2v) is 3.62. The van der Waals surface area contributed by atoms with Gasteiger partial charge in [0.2, 0.25) is 17.0 Å². The molecule has 5 nitrogen and oxygen atoms in total. The van der Waals surface area contributed by atoms with Crippen LogP contribution in [-0.2, 0) is 0 Å². The van der Waals surface area contributed by atoms with Crippen molar-refractivity contribution in [2.75, 3.05) is 0 Å². The first-order valence-electron chi connectivity index (χ1n) is 4.82. The Morgan fingerprint density at radius 3 is 2.61 bits per heavy atom. The maximum absolute atomic E-state index is 13.3. The van der Waals surface area contributed by atoms with Crippen LogP contribution in [0.5, 0.6) is 11.6 Å². The SMILES string of the molecule is NC(=O)c1ccc(Oc2nc(Cl)ncc2F)cc1. The Labute approximate surface area is 106 Å². The molecule has 92 valence electrons. The van der Waals surface area contributed by atoms with Crippen LogP contribution in [0.1, 0.15) is 10.4 Å². The van der Waals surface area contributed by atoms with Gasteiger partial charge < -0.3 is 10.5 Å². The van der Waals surface area contributed by atoms with Gasteiger partial charge in [-0.05, 0) is 35.9 Å². The van der Waals surface area contributed by atoms with E-state index in [0.717, 1.165) is 6.20 Å². The van der Waals surface area contributed by atoms with Gasteiger partial charge in [0, 0.05) is 5.56 Å². The molecule has 1 aromatic heterocycles. The maximum Gasteiger partial charge on any atom is 0.260 e. The largest absolute Gasteiger partial charge is 0.436 e. The molecule has 7 heteroatoms. The summed E-state index contributed by atoms with van der Waals surface area (Å²) in [6.07, 6.45) is 0.905. The summed E-state index contributed by atoms with van der Waals surface area (Å²) in [6.45, 7) is 0. The van der Waals surface area contributed by atoms with Gasteiger partial charge in [-0.3, -0.25) is 4.79 Å². The molecule has 0 aliphatic rings. The van der Waals surface area contributed by atoms with Crippen molar-refractivity contribution < 1.29 is 13.9 Å². The van der Waals surface area contributed by atoms with Gasteiger partial charge in [-0.2, -0.15) is 9.37 Å². The van der Waals surface area contributed by atoms with Crippen molar-refractivity contribution in [1.29, 1.82) is 0 Å². The molecule has 0 saturated heterocycles. The Morgan fingerprint density at radius 2 is 2.00 bits per heavy atom. The molecule has 0 saturated carbocycles. The van der Waals surface area contributed by atoms with Gasteiger partial charge in [0.25, 0.3) is 5.88 Å². The Hall–Kier alpha value is -2.21. The van der Waals surface area contributed by atoms with E-state index in [-0.39, 0.29) is 11.2 Å². The zero-order valence-corrected chi connectivity index (χ0v) is 9.69. The quantitative estimate of drug-likeness (QED) is 0.865. The maximum atomic E-state index is 13.3. The first kappa shape index (κ1) is 12.3. The predicted molar refractivity (Wildman–Crippen MR) is 62.0 cm³/mol. The molecule has 0 radical (unpaired) electrons. The zero-order chi connectivity index (χ0) is 13.1. The number of nitrogens with zero attached hydrogens (tertiary/aromatic N) is 2. The molecule has 2 N–H and O–H groups in total. The minimum atomic E-state index is -0.738. The number of nitrogens with two attached hydrogens (primary N) is 1. The molecule has 0 atom stereocenters. The lowest BCUT2D eigenvalue weighted by molar-refractivity contribution is 0.100. The highest BCUT2D eigenvalue weighted by atomic mass is 35.5. The van der Waals surface area contributed by atoms with Gasteiger partial charge in [0.05, 0.1) is 6.20 Å². The molecular weight excluding hydrogens is 261 g/mol. The number of halogens is 2. The molecule has 0 spiro atoms. The normalized spacial score (nSPS) is 10.1. The molecule has 1 aromatic carbocycles. The van der Waals surface area contributed by atoms with Crippen LogP contribution in [0.25, 0.3) is 0 Å². The minimum Gasteiger partial charge on any atom is -0.436 e. The Kier molecular flexibility index (Phi) is 3.38. The van der Waals surface area contributed by atoms with Crippen molar-refractivity contribution in [2.45, 2.75) is 0 Å². The smallest absolute Gasteiger partial charge is 0.260 e. The summed E-state index contributed by atoms with van der Waals surface area (Å²) in [4.78, 5) is 17.9. The lowest BCUT2D eigenvalue weighted by atomic mass is 10.2. The van der Waals surface area contributed by atoms with Crippen molar-refractivity contribution in [3.05, 3.63) is 47.1 Å². The zero-order valence-electron chi connectivity index (χ0n) is 8.93.